The number of amides is 2. The topological polar surface area (TPSA) is 114 Å². The molecule has 1 aliphatic carbocycles. The van der Waals surface area contributed by atoms with E-state index >= 15 is 0 Å². The monoisotopic (exact) mass is 440 g/mol. The van der Waals surface area contributed by atoms with Crippen LogP contribution in [0.15, 0.2) is 48.5 Å². The maximum atomic E-state index is 12.5. The number of rotatable bonds is 9. The highest BCUT2D eigenvalue weighted by Gasteiger charge is 2.29. The van der Waals surface area contributed by atoms with Crippen LogP contribution in [0.2, 0.25) is 0 Å². The lowest BCUT2D eigenvalue weighted by Crippen LogP contribution is -2.43. The van der Waals surface area contributed by atoms with E-state index in [9.17, 15) is 14.4 Å². The molecule has 0 aromatic heterocycles. The number of fused-ring (bicyclic) bond motifs is 3. The summed E-state index contributed by atoms with van der Waals surface area (Å²) < 4.78 is 5.54. The first kappa shape index (κ1) is 23.3. The zero-order valence-electron chi connectivity index (χ0n) is 18.3. The molecule has 2 aromatic rings. The molecule has 0 heterocycles. The number of ether oxygens (including phenoxy) is 1. The molecule has 0 bridgehead atoms. The summed E-state index contributed by atoms with van der Waals surface area (Å²) in [5, 5.41) is 11.5. The SMILES string of the molecule is CC(ONC(=O)CC(NC(=O)OCC1c2ccccc2-c2ccccc21)C(C)C)C(=O)O. The number of hydrogen-bond acceptors (Lipinski definition) is 5. The van der Waals surface area contributed by atoms with Crippen LogP contribution >= 0.6 is 0 Å². The lowest BCUT2D eigenvalue weighted by molar-refractivity contribution is -0.158. The van der Waals surface area contributed by atoms with Crippen LogP contribution in [0.4, 0.5) is 4.79 Å². The van der Waals surface area contributed by atoms with Gasteiger partial charge in [0.15, 0.2) is 6.10 Å². The molecular formula is C24H28N2O6. The van der Waals surface area contributed by atoms with Gasteiger partial charge in [-0.3, -0.25) is 9.63 Å². The maximum absolute atomic E-state index is 12.5. The van der Waals surface area contributed by atoms with E-state index < -0.39 is 30.1 Å². The zero-order chi connectivity index (χ0) is 23.3. The number of hydroxylamine groups is 1. The third-order valence-corrected chi connectivity index (χ3v) is 5.55. The summed E-state index contributed by atoms with van der Waals surface area (Å²) in [6.45, 7) is 5.21. The Kier molecular flexibility index (Phi) is 7.48. The first-order chi connectivity index (χ1) is 15.3. The minimum Gasteiger partial charge on any atom is -0.479 e. The molecule has 0 aliphatic heterocycles. The normalized spacial score (nSPS) is 14.2. The second-order valence-electron chi connectivity index (χ2n) is 8.15. The largest absolute Gasteiger partial charge is 0.479 e. The Morgan fingerprint density at radius 3 is 2.06 bits per heavy atom. The zero-order valence-corrected chi connectivity index (χ0v) is 18.3. The van der Waals surface area contributed by atoms with Gasteiger partial charge in [0.1, 0.15) is 6.61 Å². The highest BCUT2D eigenvalue weighted by Crippen LogP contribution is 2.44. The van der Waals surface area contributed by atoms with Crippen molar-refractivity contribution in [1.82, 2.24) is 10.8 Å². The molecule has 32 heavy (non-hydrogen) atoms. The Balaban J connectivity index is 1.57. The number of alkyl carbamates (subject to hydrolysis) is 1. The average Bonchev–Trinajstić information content (AvgIpc) is 3.09. The quantitative estimate of drug-likeness (QED) is 0.515. The molecule has 0 radical (unpaired) electrons. The summed E-state index contributed by atoms with van der Waals surface area (Å²) in [7, 11) is 0. The molecule has 2 atom stereocenters. The van der Waals surface area contributed by atoms with Gasteiger partial charge in [-0.2, -0.15) is 0 Å². The number of benzene rings is 2. The van der Waals surface area contributed by atoms with E-state index in [2.05, 4.69) is 22.9 Å². The Hall–Kier alpha value is -3.39. The van der Waals surface area contributed by atoms with Crippen LogP contribution in [0.25, 0.3) is 11.1 Å². The number of nitrogens with one attached hydrogen (secondary N) is 2. The summed E-state index contributed by atoms with van der Waals surface area (Å²) in [6.07, 6.45) is -1.86. The van der Waals surface area contributed by atoms with E-state index in [0.29, 0.717) is 0 Å². The second-order valence-corrected chi connectivity index (χ2v) is 8.15. The highest BCUT2D eigenvalue weighted by atomic mass is 16.7. The molecule has 2 amide bonds. The molecule has 0 fully saturated rings. The van der Waals surface area contributed by atoms with Gasteiger partial charge in [-0.15, -0.1) is 0 Å². The third-order valence-electron chi connectivity index (χ3n) is 5.55. The van der Waals surface area contributed by atoms with Crippen LogP contribution in [0, 0.1) is 5.92 Å². The molecule has 2 unspecified atom stereocenters. The van der Waals surface area contributed by atoms with Crippen molar-refractivity contribution >= 4 is 18.0 Å². The number of aliphatic carboxylic acids is 1. The van der Waals surface area contributed by atoms with Crippen molar-refractivity contribution in [1.29, 1.82) is 0 Å². The van der Waals surface area contributed by atoms with Gasteiger partial charge < -0.3 is 15.2 Å². The first-order valence-corrected chi connectivity index (χ1v) is 10.6. The predicted molar refractivity (Wildman–Crippen MR) is 118 cm³/mol. The number of hydrogen-bond donors (Lipinski definition) is 3. The van der Waals surface area contributed by atoms with Crippen molar-refractivity contribution in [2.75, 3.05) is 6.61 Å². The number of carboxylic acids is 1. The summed E-state index contributed by atoms with van der Waals surface area (Å²) in [5.41, 5.74) is 6.63. The van der Waals surface area contributed by atoms with E-state index in [-0.39, 0.29) is 24.9 Å². The molecule has 0 spiro atoms. The van der Waals surface area contributed by atoms with Crippen molar-refractivity contribution in [2.24, 2.45) is 5.92 Å². The molecule has 0 saturated heterocycles. The van der Waals surface area contributed by atoms with Crippen LogP contribution in [0.1, 0.15) is 44.2 Å². The van der Waals surface area contributed by atoms with Gasteiger partial charge in [0.25, 0.3) is 0 Å². The van der Waals surface area contributed by atoms with Crippen LogP contribution in [0.5, 0.6) is 0 Å². The maximum Gasteiger partial charge on any atom is 0.407 e. The second kappa shape index (κ2) is 10.3. The van der Waals surface area contributed by atoms with Crippen LogP contribution in [-0.2, 0) is 19.2 Å². The Morgan fingerprint density at radius 2 is 1.53 bits per heavy atom. The minimum absolute atomic E-state index is 0.0557. The Morgan fingerprint density at radius 1 is 0.969 bits per heavy atom. The molecule has 2 aromatic carbocycles. The third kappa shape index (κ3) is 5.45. The Bertz CT molecular complexity index is 944. The van der Waals surface area contributed by atoms with Crippen molar-refractivity contribution in [3.05, 3.63) is 59.7 Å². The van der Waals surface area contributed by atoms with E-state index in [4.69, 9.17) is 14.7 Å². The van der Waals surface area contributed by atoms with Crippen LogP contribution in [-0.4, -0.2) is 41.8 Å². The Labute approximate surface area is 186 Å². The molecule has 8 heteroatoms. The molecule has 3 rings (SSSR count). The van der Waals surface area contributed by atoms with Crippen molar-refractivity contribution in [3.63, 3.8) is 0 Å². The molecule has 8 nitrogen and oxygen atoms in total. The van der Waals surface area contributed by atoms with Gasteiger partial charge in [-0.1, -0.05) is 62.4 Å². The highest BCUT2D eigenvalue weighted by molar-refractivity contribution is 5.79. The summed E-state index contributed by atoms with van der Waals surface area (Å²) in [5.74, 6) is -1.84. The van der Waals surface area contributed by atoms with E-state index in [1.54, 1.807) is 0 Å². The lowest BCUT2D eigenvalue weighted by atomic mass is 9.98. The summed E-state index contributed by atoms with van der Waals surface area (Å²) in [6, 6.07) is 15.6. The molecule has 1 aliphatic rings. The van der Waals surface area contributed by atoms with Crippen molar-refractivity contribution in [2.45, 2.75) is 45.3 Å². The standard InChI is InChI=1S/C24H28N2O6/c1-14(2)21(12-22(27)26-32-15(3)23(28)29)25-24(30)31-13-20-18-10-6-4-8-16(18)17-9-5-7-11-19(17)20/h4-11,14-15,20-21H,12-13H2,1-3H3,(H,25,30)(H,26,27)(H,28,29). The van der Waals surface area contributed by atoms with Crippen LogP contribution in [0.3, 0.4) is 0 Å². The lowest BCUT2D eigenvalue weighted by Gasteiger charge is -2.22. The smallest absolute Gasteiger partial charge is 0.407 e. The molecule has 170 valence electrons. The van der Waals surface area contributed by atoms with Crippen molar-refractivity contribution in [3.8, 4) is 11.1 Å². The van der Waals surface area contributed by atoms with Gasteiger partial charge in [0.05, 0.1) is 0 Å². The fraction of sp³-hybridized carbons (Fsp3) is 0.375. The van der Waals surface area contributed by atoms with E-state index in [1.807, 2.05) is 50.2 Å². The average molecular weight is 440 g/mol. The molecular weight excluding hydrogens is 412 g/mol. The number of carbonyl (C=O) groups is 3. The number of carboxylic acid groups (broad SMARTS) is 1. The van der Waals surface area contributed by atoms with Gasteiger partial charge in [0.2, 0.25) is 5.91 Å². The summed E-state index contributed by atoms with van der Waals surface area (Å²) >= 11 is 0. The molecule has 0 saturated carbocycles. The van der Waals surface area contributed by atoms with Crippen LogP contribution < -0.4 is 10.8 Å². The number of carbonyl (C=O) groups excluding carboxylic acids is 2. The van der Waals surface area contributed by atoms with E-state index in [0.717, 1.165) is 22.3 Å². The van der Waals surface area contributed by atoms with Gasteiger partial charge in [-0.05, 0) is 35.1 Å². The fourth-order valence-corrected chi connectivity index (χ4v) is 3.69. The van der Waals surface area contributed by atoms with E-state index in [1.165, 1.54) is 6.92 Å². The van der Waals surface area contributed by atoms with Crippen molar-refractivity contribution < 1.29 is 29.1 Å². The fourth-order valence-electron chi connectivity index (χ4n) is 3.69. The van der Waals surface area contributed by atoms with Gasteiger partial charge >= 0.3 is 12.1 Å². The van der Waals surface area contributed by atoms with Gasteiger partial charge in [-0.25, -0.2) is 15.1 Å². The summed E-state index contributed by atoms with van der Waals surface area (Å²) in [4.78, 5) is 40.2. The predicted octanol–water partition coefficient (Wildman–Crippen LogP) is 3.46. The van der Waals surface area contributed by atoms with Gasteiger partial charge in [0, 0.05) is 18.4 Å². The minimum atomic E-state index is -1.19. The molecule has 3 N–H and O–H groups in total. The first-order valence-electron chi connectivity index (χ1n) is 10.6.